The predicted octanol–water partition coefficient (Wildman–Crippen LogP) is 2.95. The Morgan fingerprint density at radius 1 is 1.07 bits per heavy atom. The minimum atomic E-state index is 0.709. The molecule has 0 amide bonds. The first kappa shape index (κ1) is 17.8. The summed E-state index contributed by atoms with van der Waals surface area (Å²) in [7, 11) is 0. The standard InChI is InChI=1S/C21H23N7O/c1-14-15(2)24-13-25-21(14)28-9-7-27(8-10-28)12-19-26-17-4-3-16(11-18(17)29-19)20-22-5-6-23-20/h3-6,11,13H,7-10,12H2,1-2H3,(H,22,23). The first-order chi connectivity index (χ1) is 14.2. The van der Waals surface area contributed by atoms with Gasteiger partial charge in [-0.05, 0) is 32.0 Å². The average Bonchev–Trinajstić information content (AvgIpc) is 3.40. The Labute approximate surface area is 168 Å². The Kier molecular flexibility index (Phi) is 4.48. The molecule has 4 aromatic rings. The van der Waals surface area contributed by atoms with E-state index in [1.54, 1.807) is 12.5 Å². The van der Waals surface area contributed by atoms with Crippen LogP contribution in [0, 0.1) is 13.8 Å². The maximum Gasteiger partial charge on any atom is 0.209 e. The number of benzene rings is 1. The van der Waals surface area contributed by atoms with E-state index in [0.29, 0.717) is 6.54 Å². The van der Waals surface area contributed by atoms with Crippen molar-refractivity contribution in [3.05, 3.63) is 54.1 Å². The van der Waals surface area contributed by atoms with E-state index in [4.69, 9.17) is 4.42 Å². The van der Waals surface area contributed by atoms with Gasteiger partial charge in [0.25, 0.3) is 0 Å². The monoisotopic (exact) mass is 389 g/mol. The van der Waals surface area contributed by atoms with Gasteiger partial charge in [-0.3, -0.25) is 4.90 Å². The van der Waals surface area contributed by atoms with Crippen LogP contribution in [-0.4, -0.2) is 56.0 Å². The van der Waals surface area contributed by atoms with Crippen molar-refractivity contribution >= 4 is 16.9 Å². The average molecular weight is 389 g/mol. The second-order valence-corrected chi connectivity index (χ2v) is 7.40. The van der Waals surface area contributed by atoms with Crippen LogP contribution in [0.1, 0.15) is 17.1 Å². The van der Waals surface area contributed by atoms with E-state index < -0.39 is 0 Å². The van der Waals surface area contributed by atoms with Gasteiger partial charge >= 0.3 is 0 Å². The molecule has 0 spiro atoms. The highest BCUT2D eigenvalue weighted by Gasteiger charge is 2.21. The molecule has 0 atom stereocenters. The van der Waals surface area contributed by atoms with E-state index in [1.807, 2.05) is 31.3 Å². The SMILES string of the molecule is Cc1ncnc(N2CCN(Cc3nc4ccc(-c5ncc[nH]5)cc4o3)CC2)c1C. The summed E-state index contributed by atoms with van der Waals surface area (Å²) in [6.45, 7) is 8.58. The largest absolute Gasteiger partial charge is 0.439 e. The van der Waals surface area contributed by atoms with Crippen molar-refractivity contribution < 1.29 is 4.42 Å². The summed E-state index contributed by atoms with van der Waals surface area (Å²) in [5.41, 5.74) is 4.86. The first-order valence-electron chi connectivity index (χ1n) is 9.82. The van der Waals surface area contributed by atoms with Crippen molar-refractivity contribution in [3.63, 3.8) is 0 Å². The van der Waals surface area contributed by atoms with Crippen LogP contribution < -0.4 is 4.90 Å². The topological polar surface area (TPSA) is 87.0 Å². The molecule has 1 N–H and O–H groups in total. The fraction of sp³-hybridized carbons (Fsp3) is 0.333. The van der Waals surface area contributed by atoms with Crippen molar-refractivity contribution in [2.24, 2.45) is 0 Å². The summed E-state index contributed by atoms with van der Waals surface area (Å²) in [5, 5.41) is 0. The number of aryl methyl sites for hydroxylation is 1. The first-order valence-corrected chi connectivity index (χ1v) is 9.82. The summed E-state index contributed by atoms with van der Waals surface area (Å²) in [5.74, 6) is 2.62. The Balaban J connectivity index is 1.27. The van der Waals surface area contributed by atoms with Crippen LogP contribution in [0.5, 0.6) is 0 Å². The highest BCUT2D eigenvalue weighted by Crippen LogP contribution is 2.24. The highest BCUT2D eigenvalue weighted by molar-refractivity contribution is 5.78. The number of imidazole rings is 1. The lowest BCUT2D eigenvalue weighted by Gasteiger charge is -2.35. The Hall–Kier alpha value is -3.26. The molecule has 1 aliphatic heterocycles. The molecule has 0 saturated carbocycles. The zero-order chi connectivity index (χ0) is 19.8. The molecule has 1 saturated heterocycles. The molecular formula is C21H23N7O. The number of nitrogens with one attached hydrogen (secondary N) is 1. The molecule has 0 radical (unpaired) electrons. The van der Waals surface area contributed by atoms with Crippen LogP contribution in [-0.2, 0) is 6.54 Å². The van der Waals surface area contributed by atoms with Gasteiger partial charge in [0.05, 0.1) is 6.54 Å². The van der Waals surface area contributed by atoms with Gasteiger partial charge in [0.2, 0.25) is 5.89 Å². The summed E-state index contributed by atoms with van der Waals surface area (Å²) in [6.07, 6.45) is 5.21. The third-order valence-corrected chi connectivity index (χ3v) is 5.54. The lowest BCUT2D eigenvalue weighted by molar-refractivity contribution is 0.228. The van der Waals surface area contributed by atoms with Crippen LogP contribution in [0.2, 0.25) is 0 Å². The number of oxazole rings is 1. The number of hydrogen-bond donors (Lipinski definition) is 1. The third kappa shape index (κ3) is 3.47. The van der Waals surface area contributed by atoms with E-state index in [-0.39, 0.29) is 0 Å². The molecule has 8 heteroatoms. The van der Waals surface area contributed by atoms with Crippen molar-refractivity contribution in [3.8, 4) is 11.4 Å². The van der Waals surface area contributed by atoms with E-state index in [1.165, 1.54) is 0 Å². The Bertz CT molecular complexity index is 1130. The fourth-order valence-electron chi connectivity index (χ4n) is 3.76. The van der Waals surface area contributed by atoms with Crippen molar-refractivity contribution in [2.75, 3.05) is 31.1 Å². The smallest absolute Gasteiger partial charge is 0.209 e. The zero-order valence-corrected chi connectivity index (χ0v) is 16.6. The third-order valence-electron chi connectivity index (χ3n) is 5.54. The summed E-state index contributed by atoms with van der Waals surface area (Å²) >= 11 is 0. The van der Waals surface area contributed by atoms with Crippen LogP contribution in [0.4, 0.5) is 5.82 Å². The normalized spacial score (nSPS) is 15.3. The van der Waals surface area contributed by atoms with Crippen molar-refractivity contribution in [1.29, 1.82) is 0 Å². The van der Waals surface area contributed by atoms with E-state index in [9.17, 15) is 0 Å². The van der Waals surface area contributed by atoms with E-state index >= 15 is 0 Å². The molecule has 5 rings (SSSR count). The number of piperazine rings is 1. The maximum atomic E-state index is 6.03. The van der Waals surface area contributed by atoms with Gasteiger partial charge in [-0.1, -0.05) is 0 Å². The van der Waals surface area contributed by atoms with Crippen LogP contribution in [0.25, 0.3) is 22.5 Å². The molecule has 1 fully saturated rings. The van der Waals surface area contributed by atoms with E-state index in [0.717, 1.165) is 71.6 Å². The lowest BCUT2D eigenvalue weighted by Crippen LogP contribution is -2.46. The van der Waals surface area contributed by atoms with Gasteiger partial charge in [0, 0.05) is 55.4 Å². The molecular weight excluding hydrogens is 366 g/mol. The number of aromatic amines is 1. The maximum absolute atomic E-state index is 6.03. The number of nitrogens with zero attached hydrogens (tertiary/aromatic N) is 6. The van der Waals surface area contributed by atoms with Gasteiger partial charge in [-0.25, -0.2) is 19.9 Å². The zero-order valence-electron chi connectivity index (χ0n) is 16.6. The number of rotatable bonds is 4. The Morgan fingerprint density at radius 3 is 2.72 bits per heavy atom. The number of hydrogen-bond acceptors (Lipinski definition) is 7. The molecule has 4 heterocycles. The van der Waals surface area contributed by atoms with Crippen molar-refractivity contribution in [1.82, 2.24) is 29.8 Å². The fourth-order valence-corrected chi connectivity index (χ4v) is 3.76. The number of fused-ring (bicyclic) bond motifs is 1. The molecule has 0 bridgehead atoms. The van der Waals surface area contributed by atoms with Gasteiger partial charge < -0.3 is 14.3 Å². The molecule has 8 nitrogen and oxygen atoms in total. The molecule has 1 aliphatic rings. The number of aromatic nitrogens is 5. The van der Waals surface area contributed by atoms with Gasteiger partial charge in [-0.15, -0.1) is 0 Å². The number of anilines is 1. The second-order valence-electron chi connectivity index (χ2n) is 7.40. The summed E-state index contributed by atoms with van der Waals surface area (Å²) in [6, 6.07) is 5.99. The second kappa shape index (κ2) is 7.29. The van der Waals surface area contributed by atoms with Gasteiger partial charge in [0.15, 0.2) is 5.58 Å². The van der Waals surface area contributed by atoms with Gasteiger partial charge in [-0.2, -0.15) is 0 Å². The number of H-pyrrole nitrogens is 1. The predicted molar refractivity (Wildman–Crippen MR) is 111 cm³/mol. The summed E-state index contributed by atoms with van der Waals surface area (Å²) in [4.78, 5) is 25.5. The minimum absolute atomic E-state index is 0.709. The molecule has 29 heavy (non-hydrogen) atoms. The molecule has 148 valence electrons. The molecule has 1 aromatic carbocycles. The quantitative estimate of drug-likeness (QED) is 0.574. The van der Waals surface area contributed by atoms with Crippen LogP contribution in [0.3, 0.4) is 0 Å². The van der Waals surface area contributed by atoms with Crippen LogP contribution in [0.15, 0.2) is 41.3 Å². The minimum Gasteiger partial charge on any atom is -0.439 e. The highest BCUT2D eigenvalue weighted by atomic mass is 16.3. The lowest BCUT2D eigenvalue weighted by atomic mass is 10.2. The Morgan fingerprint density at radius 2 is 1.93 bits per heavy atom. The summed E-state index contributed by atoms with van der Waals surface area (Å²) < 4.78 is 6.03. The van der Waals surface area contributed by atoms with Crippen molar-refractivity contribution in [2.45, 2.75) is 20.4 Å². The molecule has 0 aliphatic carbocycles. The van der Waals surface area contributed by atoms with Crippen LogP contribution >= 0.6 is 0 Å². The molecule has 3 aromatic heterocycles. The van der Waals surface area contributed by atoms with E-state index in [2.05, 4.69) is 41.6 Å². The molecule has 0 unspecified atom stereocenters. The van der Waals surface area contributed by atoms with Gasteiger partial charge in [0.1, 0.15) is 23.5 Å².